The second-order valence-corrected chi connectivity index (χ2v) is 9.79. The molecule has 2 aliphatic rings. The highest BCUT2D eigenvalue weighted by molar-refractivity contribution is 5.69. The highest BCUT2D eigenvalue weighted by atomic mass is 16.6. The van der Waals surface area contributed by atoms with E-state index >= 15 is 0 Å². The lowest BCUT2D eigenvalue weighted by Gasteiger charge is -2.36. The molecule has 0 aliphatic carbocycles. The molecule has 1 amide bonds. The number of methoxy groups -OCH3 is 1. The van der Waals surface area contributed by atoms with Gasteiger partial charge in [-0.2, -0.15) is 0 Å². The Hall–Kier alpha value is -1.79. The minimum atomic E-state index is -0.485. The minimum absolute atomic E-state index is 0.0885. The van der Waals surface area contributed by atoms with Gasteiger partial charge in [0.2, 0.25) is 0 Å². The maximum absolute atomic E-state index is 12.9. The van der Waals surface area contributed by atoms with Gasteiger partial charge in [0.25, 0.3) is 0 Å². The number of rotatable bonds is 6. The van der Waals surface area contributed by atoms with E-state index in [0.717, 1.165) is 44.8 Å². The van der Waals surface area contributed by atoms with E-state index in [0.29, 0.717) is 5.92 Å². The molecule has 6 heteroatoms. The van der Waals surface area contributed by atoms with Crippen LogP contribution in [0, 0.1) is 5.92 Å². The third kappa shape index (κ3) is 6.11. The number of nitrogens with one attached hydrogen (secondary N) is 1. The second kappa shape index (κ2) is 10.0. The summed E-state index contributed by atoms with van der Waals surface area (Å²) < 4.78 is 11.1. The monoisotopic (exact) mass is 417 g/mol. The molecule has 0 bridgehead atoms. The highest BCUT2D eigenvalue weighted by Crippen LogP contribution is 2.32. The summed E-state index contributed by atoms with van der Waals surface area (Å²) in [6, 6.07) is 8.44. The average Bonchev–Trinajstić information content (AvgIpc) is 3.18. The van der Waals surface area contributed by atoms with E-state index in [-0.39, 0.29) is 18.2 Å². The van der Waals surface area contributed by atoms with Gasteiger partial charge in [-0.3, -0.25) is 0 Å². The quantitative estimate of drug-likeness (QED) is 0.756. The van der Waals surface area contributed by atoms with Crippen LogP contribution >= 0.6 is 0 Å². The molecule has 6 nitrogen and oxygen atoms in total. The molecule has 1 aromatic carbocycles. The molecule has 2 saturated heterocycles. The number of likely N-dealkylation sites (tertiary alicyclic amines) is 2. The molecule has 0 radical (unpaired) electrons. The van der Waals surface area contributed by atoms with Crippen molar-refractivity contribution < 1.29 is 14.3 Å². The molecule has 0 spiro atoms. The Kier molecular flexibility index (Phi) is 7.64. The largest absolute Gasteiger partial charge is 0.497 e. The molecule has 30 heavy (non-hydrogen) atoms. The number of hydrogen-bond donors (Lipinski definition) is 1. The van der Waals surface area contributed by atoms with Crippen molar-refractivity contribution in [2.24, 2.45) is 5.92 Å². The van der Waals surface area contributed by atoms with Gasteiger partial charge in [0, 0.05) is 6.54 Å². The summed E-state index contributed by atoms with van der Waals surface area (Å²) in [4.78, 5) is 17.2. The molecule has 168 valence electrons. The van der Waals surface area contributed by atoms with Gasteiger partial charge in [-0.25, -0.2) is 4.79 Å². The van der Waals surface area contributed by atoms with Crippen molar-refractivity contribution >= 4 is 6.09 Å². The number of amides is 1. The van der Waals surface area contributed by atoms with Crippen LogP contribution in [0.3, 0.4) is 0 Å². The summed E-state index contributed by atoms with van der Waals surface area (Å²) in [5.41, 5.74) is 0.714. The van der Waals surface area contributed by atoms with Gasteiger partial charge in [-0.1, -0.05) is 12.1 Å². The molecule has 0 saturated carbocycles. The standard InChI is InChI=1S/C24H39N3O3/c1-24(2,3)30-23(28)27-14-6-7-21(27)22(19-8-10-20(29-5)11-9-19)25-17-18-12-15-26(4)16-13-18/h8-11,18,21-22,25H,6-7,12-17H2,1-5H3. The van der Waals surface area contributed by atoms with Crippen molar-refractivity contribution in [3.05, 3.63) is 29.8 Å². The molecule has 2 unspecified atom stereocenters. The van der Waals surface area contributed by atoms with E-state index in [9.17, 15) is 4.79 Å². The molecule has 1 N–H and O–H groups in total. The first-order valence-corrected chi connectivity index (χ1v) is 11.3. The van der Waals surface area contributed by atoms with Crippen molar-refractivity contribution in [2.45, 2.75) is 64.1 Å². The lowest BCUT2D eigenvalue weighted by Crippen LogP contribution is -2.47. The average molecular weight is 418 g/mol. The summed E-state index contributed by atoms with van der Waals surface area (Å²) in [7, 11) is 3.88. The molecule has 0 aromatic heterocycles. The molecule has 2 fully saturated rings. The molecule has 1 aromatic rings. The zero-order valence-electron chi connectivity index (χ0n) is 19.3. The van der Waals surface area contributed by atoms with Crippen LogP contribution in [0.5, 0.6) is 5.75 Å². The van der Waals surface area contributed by atoms with Crippen molar-refractivity contribution in [2.75, 3.05) is 40.3 Å². The number of benzene rings is 1. The van der Waals surface area contributed by atoms with E-state index in [2.05, 4.69) is 29.4 Å². The highest BCUT2D eigenvalue weighted by Gasteiger charge is 2.38. The number of nitrogens with zero attached hydrogens (tertiary/aromatic N) is 2. The predicted molar refractivity (Wildman–Crippen MR) is 120 cm³/mol. The van der Waals surface area contributed by atoms with Gasteiger partial charge in [-0.05, 0) is 96.8 Å². The van der Waals surface area contributed by atoms with Gasteiger partial charge >= 0.3 is 6.09 Å². The maximum Gasteiger partial charge on any atom is 0.410 e. The van der Waals surface area contributed by atoms with Gasteiger partial charge in [0.05, 0.1) is 19.2 Å². The fourth-order valence-electron chi connectivity index (χ4n) is 4.53. The summed E-state index contributed by atoms with van der Waals surface area (Å²) in [6.45, 7) is 9.82. The number of piperidine rings is 1. The fraction of sp³-hybridized carbons (Fsp3) is 0.708. The Morgan fingerprint density at radius 2 is 1.80 bits per heavy atom. The SMILES string of the molecule is COc1ccc(C(NCC2CCN(C)CC2)C2CCCN2C(=O)OC(C)(C)C)cc1. The fourth-order valence-corrected chi connectivity index (χ4v) is 4.53. The number of ether oxygens (including phenoxy) is 2. The molecule has 3 rings (SSSR count). The normalized spacial score (nSPS) is 22.2. The molecule has 2 atom stereocenters. The van der Waals surface area contributed by atoms with Gasteiger partial charge in [0.1, 0.15) is 11.4 Å². The van der Waals surface area contributed by atoms with Crippen LogP contribution in [0.4, 0.5) is 4.79 Å². The van der Waals surface area contributed by atoms with E-state index in [1.165, 1.54) is 18.4 Å². The molecule has 2 heterocycles. The lowest BCUT2D eigenvalue weighted by atomic mass is 9.93. The zero-order valence-corrected chi connectivity index (χ0v) is 19.3. The smallest absolute Gasteiger partial charge is 0.410 e. The van der Waals surface area contributed by atoms with Crippen LogP contribution < -0.4 is 10.1 Å². The topological polar surface area (TPSA) is 54.0 Å². The van der Waals surface area contributed by atoms with Crippen LogP contribution in [-0.2, 0) is 4.74 Å². The zero-order chi connectivity index (χ0) is 21.7. The van der Waals surface area contributed by atoms with E-state index in [4.69, 9.17) is 9.47 Å². The van der Waals surface area contributed by atoms with Crippen LogP contribution in [0.1, 0.15) is 58.1 Å². The summed E-state index contributed by atoms with van der Waals surface area (Å²) in [5.74, 6) is 1.53. The summed E-state index contributed by atoms with van der Waals surface area (Å²) in [5, 5.41) is 3.84. The first-order chi connectivity index (χ1) is 14.3. The molecular weight excluding hydrogens is 378 g/mol. The third-order valence-electron chi connectivity index (χ3n) is 6.25. The van der Waals surface area contributed by atoms with Crippen LogP contribution in [0.15, 0.2) is 24.3 Å². The second-order valence-electron chi connectivity index (χ2n) is 9.79. The Balaban J connectivity index is 1.76. The van der Waals surface area contributed by atoms with Crippen molar-refractivity contribution in [3.8, 4) is 5.75 Å². The lowest BCUT2D eigenvalue weighted by molar-refractivity contribution is 0.0192. The predicted octanol–water partition coefficient (Wildman–Crippen LogP) is 4.07. The summed E-state index contributed by atoms with van der Waals surface area (Å²) in [6.07, 6.45) is 4.23. The first-order valence-electron chi connectivity index (χ1n) is 11.3. The molecule has 2 aliphatic heterocycles. The van der Waals surface area contributed by atoms with Crippen LogP contribution in [-0.4, -0.2) is 67.9 Å². The first kappa shape index (κ1) is 22.9. The van der Waals surface area contributed by atoms with Gasteiger partial charge in [0.15, 0.2) is 0 Å². The van der Waals surface area contributed by atoms with Gasteiger partial charge in [-0.15, -0.1) is 0 Å². The van der Waals surface area contributed by atoms with Crippen LogP contribution in [0.2, 0.25) is 0 Å². The van der Waals surface area contributed by atoms with Crippen molar-refractivity contribution in [3.63, 3.8) is 0 Å². The Bertz CT molecular complexity index is 678. The van der Waals surface area contributed by atoms with Crippen molar-refractivity contribution in [1.82, 2.24) is 15.1 Å². The Labute approximate surface area is 181 Å². The van der Waals surface area contributed by atoms with Crippen molar-refractivity contribution in [1.29, 1.82) is 0 Å². The summed E-state index contributed by atoms with van der Waals surface area (Å²) >= 11 is 0. The number of carbonyl (C=O) groups excluding carboxylic acids is 1. The Morgan fingerprint density at radius 3 is 2.40 bits per heavy atom. The number of hydrogen-bond acceptors (Lipinski definition) is 5. The maximum atomic E-state index is 12.9. The van der Waals surface area contributed by atoms with Gasteiger partial charge < -0.3 is 24.6 Å². The molecular formula is C24H39N3O3. The minimum Gasteiger partial charge on any atom is -0.497 e. The van der Waals surface area contributed by atoms with E-state index < -0.39 is 5.60 Å². The van der Waals surface area contributed by atoms with Crippen LogP contribution in [0.25, 0.3) is 0 Å². The third-order valence-corrected chi connectivity index (χ3v) is 6.25. The number of carbonyl (C=O) groups is 1. The Morgan fingerprint density at radius 1 is 1.13 bits per heavy atom. The van der Waals surface area contributed by atoms with E-state index in [1.807, 2.05) is 37.8 Å². The van der Waals surface area contributed by atoms with E-state index in [1.54, 1.807) is 7.11 Å².